The Morgan fingerprint density at radius 1 is 0.607 bits per heavy atom. The largest absolute Gasteiger partial charge is 0.508 e. The lowest BCUT2D eigenvalue weighted by Crippen LogP contribution is -1.89. The number of hydrogen-bond donors (Lipinski definition) is 2. The molecule has 0 aliphatic rings. The number of benzene rings is 2. The highest BCUT2D eigenvalue weighted by molar-refractivity contribution is 5.71. The van der Waals surface area contributed by atoms with Gasteiger partial charge in [0.25, 0.3) is 0 Å². The predicted octanol–water partition coefficient (Wildman–Crippen LogP) is 7.51. The fourth-order valence-corrected chi connectivity index (χ4v) is 3.50. The van der Waals surface area contributed by atoms with Gasteiger partial charge in [-0.2, -0.15) is 0 Å². The van der Waals surface area contributed by atoms with Gasteiger partial charge in [0.05, 0.1) is 0 Å². The first-order valence-corrected chi connectivity index (χ1v) is 11.0. The first-order valence-electron chi connectivity index (χ1n) is 11.0. The molecule has 0 atom stereocenters. The molecule has 2 nitrogen and oxygen atoms in total. The van der Waals surface area contributed by atoms with Crippen LogP contribution in [0.25, 0.3) is 12.2 Å². The average molecular weight is 381 g/mol. The Morgan fingerprint density at radius 2 is 1.04 bits per heavy atom. The molecule has 0 saturated heterocycles. The zero-order valence-corrected chi connectivity index (χ0v) is 17.6. The van der Waals surface area contributed by atoms with Crippen molar-refractivity contribution in [3.63, 3.8) is 0 Å². The van der Waals surface area contributed by atoms with E-state index in [1.165, 1.54) is 38.5 Å². The number of unbranched alkanes of at least 4 members (excludes halogenated alkanes) is 6. The number of aromatic hydroxyl groups is 2. The van der Waals surface area contributed by atoms with Gasteiger partial charge < -0.3 is 10.2 Å². The van der Waals surface area contributed by atoms with Crippen LogP contribution in [0.15, 0.2) is 36.4 Å². The Bertz CT molecular complexity index is 683. The van der Waals surface area contributed by atoms with E-state index in [-0.39, 0.29) is 0 Å². The van der Waals surface area contributed by atoms with Crippen LogP contribution in [0, 0.1) is 0 Å². The van der Waals surface area contributed by atoms with Gasteiger partial charge in [0.1, 0.15) is 11.5 Å². The van der Waals surface area contributed by atoms with Crippen LogP contribution in [-0.2, 0) is 12.8 Å². The minimum atomic E-state index is 0.396. The molecule has 0 aliphatic carbocycles. The normalized spacial score (nSPS) is 11.4. The predicted molar refractivity (Wildman–Crippen MR) is 121 cm³/mol. The standard InChI is InChI=1S/C26H36O2/c1-3-5-7-9-11-23-19-21(15-17-25(23)27)13-14-22-16-18-26(28)24(20-22)12-10-8-6-4-2/h13-20,27-28H,3-12H2,1-2H3. The molecular formula is C26H36O2. The summed E-state index contributed by atoms with van der Waals surface area (Å²) in [6.07, 6.45) is 15.6. The minimum absolute atomic E-state index is 0.396. The second kappa shape index (κ2) is 12.3. The van der Waals surface area contributed by atoms with Crippen molar-refractivity contribution in [1.82, 2.24) is 0 Å². The monoisotopic (exact) mass is 380 g/mol. The molecule has 0 fully saturated rings. The first kappa shape index (κ1) is 22.1. The Balaban J connectivity index is 2.02. The van der Waals surface area contributed by atoms with Crippen LogP contribution in [0.2, 0.25) is 0 Å². The second-order valence-electron chi connectivity index (χ2n) is 7.73. The zero-order valence-electron chi connectivity index (χ0n) is 17.6. The van der Waals surface area contributed by atoms with Crippen LogP contribution in [0.3, 0.4) is 0 Å². The molecule has 0 spiro atoms. The third-order valence-electron chi connectivity index (χ3n) is 5.27. The number of aryl methyl sites for hydroxylation is 2. The van der Waals surface area contributed by atoms with Gasteiger partial charge in [0, 0.05) is 0 Å². The van der Waals surface area contributed by atoms with Crippen LogP contribution in [0.1, 0.15) is 87.5 Å². The number of phenols is 2. The van der Waals surface area contributed by atoms with Gasteiger partial charge in [-0.05, 0) is 72.2 Å². The van der Waals surface area contributed by atoms with Crippen molar-refractivity contribution in [2.45, 2.75) is 78.1 Å². The second-order valence-corrected chi connectivity index (χ2v) is 7.73. The molecule has 0 heterocycles. The van der Waals surface area contributed by atoms with Crippen molar-refractivity contribution >= 4 is 12.2 Å². The maximum absolute atomic E-state index is 10.1. The maximum atomic E-state index is 10.1. The van der Waals surface area contributed by atoms with Crippen molar-refractivity contribution in [1.29, 1.82) is 0 Å². The molecule has 2 aromatic carbocycles. The van der Waals surface area contributed by atoms with Crippen molar-refractivity contribution < 1.29 is 10.2 Å². The summed E-state index contributed by atoms with van der Waals surface area (Å²) in [6, 6.07) is 11.7. The van der Waals surface area contributed by atoms with E-state index in [1.54, 1.807) is 12.1 Å². The molecule has 28 heavy (non-hydrogen) atoms. The van der Waals surface area contributed by atoms with Crippen molar-refractivity contribution in [3.8, 4) is 11.5 Å². The average Bonchev–Trinajstić information content (AvgIpc) is 2.70. The van der Waals surface area contributed by atoms with E-state index in [9.17, 15) is 10.2 Å². The molecule has 0 aromatic heterocycles. The Hall–Kier alpha value is -2.22. The minimum Gasteiger partial charge on any atom is -0.508 e. The van der Waals surface area contributed by atoms with Gasteiger partial charge in [-0.15, -0.1) is 0 Å². The quantitative estimate of drug-likeness (QED) is 0.295. The summed E-state index contributed by atoms with van der Waals surface area (Å²) < 4.78 is 0. The van der Waals surface area contributed by atoms with E-state index in [4.69, 9.17) is 0 Å². The third-order valence-corrected chi connectivity index (χ3v) is 5.27. The topological polar surface area (TPSA) is 40.5 Å². The van der Waals surface area contributed by atoms with Gasteiger partial charge in [-0.1, -0.05) is 76.7 Å². The van der Waals surface area contributed by atoms with Crippen LogP contribution in [0.4, 0.5) is 0 Å². The van der Waals surface area contributed by atoms with Crippen LogP contribution >= 0.6 is 0 Å². The molecule has 2 aromatic rings. The summed E-state index contributed by atoms with van der Waals surface area (Å²) in [4.78, 5) is 0. The van der Waals surface area contributed by atoms with Crippen LogP contribution in [0.5, 0.6) is 11.5 Å². The summed E-state index contributed by atoms with van der Waals surface area (Å²) in [5.74, 6) is 0.792. The third kappa shape index (κ3) is 7.42. The van der Waals surface area contributed by atoms with E-state index >= 15 is 0 Å². The van der Waals surface area contributed by atoms with Crippen LogP contribution in [-0.4, -0.2) is 10.2 Å². The van der Waals surface area contributed by atoms with E-state index in [1.807, 2.05) is 12.1 Å². The van der Waals surface area contributed by atoms with Gasteiger partial charge in [0.2, 0.25) is 0 Å². The highest BCUT2D eigenvalue weighted by atomic mass is 16.3. The number of rotatable bonds is 12. The molecule has 2 N–H and O–H groups in total. The van der Waals surface area contributed by atoms with E-state index in [0.717, 1.165) is 47.9 Å². The molecule has 0 saturated carbocycles. The number of phenolic OH excluding ortho intramolecular Hbond substituents is 2. The summed E-state index contributed by atoms with van der Waals surface area (Å²) in [6.45, 7) is 4.42. The molecule has 0 unspecified atom stereocenters. The van der Waals surface area contributed by atoms with Crippen molar-refractivity contribution in [2.24, 2.45) is 0 Å². The summed E-state index contributed by atoms with van der Waals surface area (Å²) in [7, 11) is 0. The fraction of sp³-hybridized carbons (Fsp3) is 0.462. The van der Waals surface area contributed by atoms with Crippen molar-refractivity contribution in [3.05, 3.63) is 58.7 Å². The fourth-order valence-electron chi connectivity index (χ4n) is 3.50. The molecule has 0 radical (unpaired) electrons. The van der Waals surface area contributed by atoms with Crippen LogP contribution < -0.4 is 0 Å². The maximum Gasteiger partial charge on any atom is 0.118 e. The Morgan fingerprint density at radius 3 is 1.43 bits per heavy atom. The molecule has 0 amide bonds. The first-order chi connectivity index (χ1) is 13.6. The lowest BCUT2D eigenvalue weighted by atomic mass is 10.0. The summed E-state index contributed by atoms with van der Waals surface area (Å²) in [5, 5.41) is 20.2. The zero-order chi connectivity index (χ0) is 20.2. The van der Waals surface area contributed by atoms with Crippen molar-refractivity contribution in [2.75, 3.05) is 0 Å². The lowest BCUT2D eigenvalue weighted by Gasteiger charge is -2.07. The van der Waals surface area contributed by atoms with Gasteiger partial charge >= 0.3 is 0 Å². The molecule has 152 valence electrons. The SMILES string of the molecule is CCCCCCc1cc(C=Cc2ccc(O)c(CCCCCC)c2)ccc1O. The summed E-state index contributed by atoms with van der Waals surface area (Å²) in [5.41, 5.74) is 4.25. The molecule has 0 aliphatic heterocycles. The molecule has 2 heteroatoms. The van der Waals surface area contributed by atoms with Gasteiger partial charge in [0.15, 0.2) is 0 Å². The van der Waals surface area contributed by atoms with E-state index < -0.39 is 0 Å². The Kier molecular flexibility index (Phi) is 9.68. The highest BCUT2D eigenvalue weighted by Gasteiger charge is 2.04. The Labute approximate surface area is 170 Å². The molecule has 0 bridgehead atoms. The smallest absolute Gasteiger partial charge is 0.118 e. The molecule has 2 rings (SSSR count). The lowest BCUT2D eigenvalue weighted by molar-refractivity contribution is 0.465. The highest BCUT2D eigenvalue weighted by Crippen LogP contribution is 2.24. The van der Waals surface area contributed by atoms with Gasteiger partial charge in [-0.3, -0.25) is 0 Å². The van der Waals surface area contributed by atoms with Gasteiger partial charge in [-0.25, -0.2) is 0 Å². The van der Waals surface area contributed by atoms with E-state index in [2.05, 4.69) is 38.1 Å². The number of hydrogen-bond acceptors (Lipinski definition) is 2. The molecular weight excluding hydrogens is 344 g/mol. The van der Waals surface area contributed by atoms with E-state index in [0.29, 0.717) is 11.5 Å². The summed E-state index contributed by atoms with van der Waals surface area (Å²) >= 11 is 0.